The van der Waals surface area contributed by atoms with Crippen molar-refractivity contribution < 1.29 is 39.4 Å². The van der Waals surface area contributed by atoms with E-state index in [0.29, 0.717) is 30.8 Å². The van der Waals surface area contributed by atoms with Crippen LogP contribution in [0.15, 0.2) is 24.3 Å². The quantitative estimate of drug-likeness (QED) is 0.344. The minimum Gasteiger partial charge on any atom is -0.494 e. The molecule has 0 aliphatic carbocycles. The number of aliphatic hydroxyl groups is 4. The molecule has 0 bridgehead atoms. The molecule has 1 aromatic rings. The van der Waals surface area contributed by atoms with Gasteiger partial charge in [0, 0.05) is 12.2 Å². The van der Waals surface area contributed by atoms with Crippen LogP contribution in [0.2, 0.25) is 0 Å². The predicted octanol–water partition coefficient (Wildman–Crippen LogP) is -0.525. The van der Waals surface area contributed by atoms with Crippen LogP contribution in [0.4, 0.5) is 0 Å². The lowest BCUT2D eigenvalue weighted by atomic mass is 9.99. The zero-order chi connectivity index (χ0) is 18.2. The minimum atomic E-state index is -1.44. The van der Waals surface area contributed by atoms with Crippen LogP contribution in [-0.4, -0.2) is 77.2 Å². The Morgan fingerprint density at radius 1 is 1.00 bits per heavy atom. The van der Waals surface area contributed by atoms with Gasteiger partial charge in [-0.25, -0.2) is 0 Å². The van der Waals surface area contributed by atoms with Crippen LogP contribution in [0.3, 0.4) is 0 Å². The number of ether oxygens (including phenoxy) is 3. The van der Waals surface area contributed by atoms with Crippen LogP contribution in [-0.2, 0) is 9.47 Å². The van der Waals surface area contributed by atoms with Crippen molar-refractivity contribution in [3.05, 3.63) is 29.8 Å². The highest BCUT2D eigenvalue weighted by atomic mass is 16.7. The van der Waals surface area contributed by atoms with E-state index < -0.39 is 37.3 Å². The molecule has 1 aromatic carbocycles. The summed E-state index contributed by atoms with van der Waals surface area (Å²) in [6.07, 6.45) is -4.21. The average Bonchev–Trinajstić information content (AvgIpc) is 2.64. The molecule has 1 aliphatic heterocycles. The van der Waals surface area contributed by atoms with Gasteiger partial charge in [0.05, 0.1) is 13.2 Å². The fourth-order valence-corrected chi connectivity index (χ4v) is 2.44. The molecule has 1 saturated heterocycles. The van der Waals surface area contributed by atoms with E-state index in [4.69, 9.17) is 19.3 Å². The second-order valence-corrected chi connectivity index (χ2v) is 5.81. The number of aldehydes is 1. The summed E-state index contributed by atoms with van der Waals surface area (Å²) in [6, 6.07) is 6.78. The van der Waals surface area contributed by atoms with Crippen molar-refractivity contribution in [1.82, 2.24) is 0 Å². The molecule has 2 rings (SSSR count). The first-order valence-electron chi connectivity index (χ1n) is 8.17. The van der Waals surface area contributed by atoms with Crippen molar-refractivity contribution in [3.63, 3.8) is 0 Å². The largest absolute Gasteiger partial charge is 0.494 e. The van der Waals surface area contributed by atoms with E-state index in [1.165, 1.54) is 0 Å². The molecule has 25 heavy (non-hydrogen) atoms. The Morgan fingerprint density at radius 3 is 2.32 bits per heavy atom. The fourth-order valence-electron chi connectivity index (χ4n) is 2.44. The first-order valence-corrected chi connectivity index (χ1v) is 8.17. The van der Waals surface area contributed by atoms with E-state index in [2.05, 4.69) is 0 Å². The number of hydrogen-bond acceptors (Lipinski definition) is 8. The van der Waals surface area contributed by atoms with Crippen molar-refractivity contribution in [2.75, 3.05) is 19.8 Å². The lowest BCUT2D eigenvalue weighted by molar-refractivity contribution is -0.301. The van der Waals surface area contributed by atoms with Gasteiger partial charge in [-0.2, -0.15) is 0 Å². The van der Waals surface area contributed by atoms with E-state index in [-0.39, 0.29) is 6.61 Å². The van der Waals surface area contributed by atoms with Gasteiger partial charge in [0.25, 0.3) is 0 Å². The van der Waals surface area contributed by atoms with Gasteiger partial charge in [0.2, 0.25) is 0 Å². The van der Waals surface area contributed by atoms with Crippen LogP contribution in [0.1, 0.15) is 23.2 Å². The molecule has 140 valence electrons. The Hall–Kier alpha value is -1.55. The van der Waals surface area contributed by atoms with E-state index in [9.17, 15) is 20.1 Å². The van der Waals surface area contributed by atoms with Crippen molar-refractivity contribution in [1.29, 1.82) is 0 Å². The second-order valence-electron chi connectivity index (χ2n) is 5.81. The molecule has 5 atom stereocenters. The van der Waals surface area contributed by atoms with Crippen LogP contribution in [0.5, 0.6) is 5.75 Å². The fraction of sp³-hybridized carbons (Fsp3) is 0.588. The van der Waals surface area contributed by atoms with Gasteiger partial charge in [-0.15, -0.1) is 0 Å². The second kappa shape index (κ2) is 9.81. The van der Waals surface area contributed by atoms with Gasteiger partial charge < -0.3 is 34.6 Å². The summed E-state index contributed by atoms with van der Waals surface area (Å²) in [5.41, 5.74) is 0.584. The lowest BCUT2D eigenvalue weighted by Crippen LogP contribution is -2.59. The molecule has 0 amide bonds. The first-order chi connectivity index (χ1) is 12.1. The summed E-state index contributed by atoms with van der Waals surface area (Å²) in [5.74, 6) is 0.667. The number of benzene rings is 1. The van der Waals surface area contributed by atoms with Crippen molar-refractivity contribution in [2.24, 2.45) is 0 Å². The summed E-state index contributed by atoms with van der Waals surface area (Å²) in [4.78, 5) is 10.6. The Labute approximate surface area is 145 Å². The number of hydrogen-bond donors (Lipinski definition) is 4. The van der Waals surface area contributed by atoms with Gasteiger partial charge in [0.15, 0.2) is 6.29 Å². The Morgan fingerprint density at radius 2 is 1.68 bits per heavy atom. The number of unbranched alkanes of at least 4 members (excludes halogenated alkanes) is 1. The summed E-state index contributed by atoms with van der Waals surface area (Å²) in [6.45, 7) is 0.232. The first kappa shape index (κ1) is 19.8. The van der Waals surface area contributed by atoms with Gasteiger partial charge in [0.1, 0.15) is 36.5 Å². The van der Waals surface area contributed by atoms with Crippen molar-refractivity contribution in [2.45, 2.75) is 43.5 Å². The highest BCUT2D eigenvalue weighted by Crippen LogP contribution is 2.22. The normalized spacial score (nSPS) is 29.4. The summed E-state index contributed by atoms with van der Waals surface area (Å²) < 4.78 is 16.1. The van der Waals surface area contributed by atoms with E-state index in [1.54, 1.807) is 24.3 Å². The van der Waals surface area contributed by atoms with Crippen LogP contribution < -0.4 is 4.74 Å². The molecule has 1 aliphatic rings. The third kappa shape index (κ3) is 5.46. The summed E-state index contributed by atoms with van der Waals surface area (Å²) in [5, 5.41) is 38.3. The van der Waals surface area contributed by atoms with Gasteiger partial charge in [-0.1, -0.05) is 0 Å². The van der Waals surface area contributed by atoms with Crippen LogP contribution in [0, 0.1) is 0 Å². The monoisotopic (exact) mass is 356 g/mol. The minimum absolute atomic E-state index is 0.260. The standard InChI is InChI=1S/C17H24O8/c18-9-11-3-5-12(6-4-11)23-7-1-2-8-24-17-16(22)15(21)14(20)13(10-19)25-17/h3-6,9,13-17,19-22H,1-2,7-8,10H2/t13-,14+,15-,16+,17+/m1/s1. The molecule has 0 saturated carbocycles. The molecule has 8 heteroatoms. The van der Waals surface area contributed by atoms with Gasteiger partial charge in [-0.3, -0.25) is 4.79 Å². The van der Waals surface area contributed by atoms with E-state index in [0.717, 1.165) is 6.29 Å². The molecule has 0 radical (unpaired) electrons. The highest BCUT2D eigenvalue weighted by Gasteiger charge is 2.43. The molecule has 4 N–H and O–H groups in total. The maximum absolute atomic E-state index is 10.6. The van der Waals surface area contributed by atoms with Crippen LogP contribution >= 0.6 is 0 Å². The van der Waals surface area contributed by atoms with E-state index in [1.807, 2.05) is 0 Å². The number of rotatable bonds is 9. The third-order valence-corrected chi connectivity index (χ3v) is 3.95. The Kier molecular flexibility index (Phi) is 7.76. The lowest BCUT2D eigenvalue weighted by Gasteiger charge is -2.39. The zero-order valence-electron chi connectivity index (χ0n) is 13.7. The summed E-state index contributed by atoms with van der Waals surface area (Å²) in [7, 11) is 0. The molecule has 8 nitrogen and oxygen atoms in total. The van der Waals surface area contributed by atoms with Crippen molar-refractivity contribution in [3.8, 4) is 5.75 Å². The third-order valence-electron chi connectivity index (χ3n) is 3.95. The molecule has 0 aromatic heterocycles. The number of aliphatic hydroxyl groups excluding tert-OH is 4. The Bertz CT molecular complexity index is 518. The molecular weight excluding hydrogens is 332 g/mol. The van der Waals surface area contributed by atoms with E-state index >= 15 is 0 Å². The zero-order valence-corrected chi connectivity index (χ0v) is 13.7. The smallest absolute Gasteiger partial charge is 0.186 e. The maximum Gasteiger partial charge on any atom is 0.186 e. The van der Waals surface area contributed by atoms with Gasteiger partial charge in [-0.05, 0) is 37.1 Å². The number of carbonyl (C=O) groups is 1. The highest BCUT2D eigenvalue weighted by molar-refractivity contribution is 5.74. The van der Waals surface area contributed by atoms with Crippen molar-refractivity contribution >= 4 is 6.29 Å². The molecule has 1 fully saturated rings. The predicted molar refractivity (Wildman–Crippen MR) is 86.3 cm³/mol. The number of carbonyl (C=O) groups excluding carboxylic acids is 1. The molecular formula is C17H24O8. The molecule has 1 heterocycles. The Balaban J connectivity index is 1.64. The van der Waals surface area contributed by atoms with Crippen LogP contribution in [0.25, 0.3) is 0 Å². The maximum atomic E-state index is 10.6. The topological polar surface area (TPSA) is 126 Å². The average molecular weight is 356 g/mol. The summed E-state index contributed by atoms with van der Waals surface area (Å²) >= 11 is 0. The molecule has 0 unspecified atom stereocenters. The van der Waals surface area contributed by atoms with Gasteiger partial charge >= 0.3 is 0 Å². The molecule has 0 spiro atoms. The SMILES string of the molecule is O=Cc1ccc(OCCCCO[C@H]2O[C@H](CO)[C@H](O)[C@@H](O)[C@@H]2O)cc1.